The Hall–Kier alpha value is -3.13. The molecule has 2 N–H and O–H groups in total. The Morgan fingerprint density at radius 2 is 1.96 bits per heavy atom. The van der Waals surface area contributed by atoms with Crippen LogP contribution in [0.25, 0.3) is 0 Å². The van der Waals surface area contributed by atoms with Gasteiger partial charge in [0.1, 0.15) is 17.5 Å². The molecule has 0 fully saturated rings. The molecule has 0 aliphatic carbocycles. The second-order valence-electron chi connectivity index (χ2n) is 5.97. The van der Waals surface area contributed by atoms with Crippen LogP contribution in [0.3, 0.4) is 0 Å². The third kappa shape index (κ3) is 5.45. The molecule has 1 amide bonds. The maximum absolute atomic E-state index is 13.1. The fourth-order valence-electron chi connectivity index (χ4n) is 2.47. The normalized spacial score (nSPS) is 12.2. The van der Waals surface area contributed by atoms with Crippen molar-refractivity contribution in [1.29, 1.82) is 5.26 Å². The van der Waals surface area contributed by atoms with E-state index < -0.39 is 5.91 Å². The number of nitriles is 1. The predicted molar refractivity (Wildman–Crippen MR) is 99.3 cm³/mol. The monoisotopic (exact) mass is 351 g/mol. The first-order valence-electron chi connectivity index (χ1n) is 8.51. The summed E-state index contributed by atoms with van der Waals surface area (Å²) in [7, 11) is 0. The average Bonchev–Trinajstić information content (AvgIpc) is 2.65. The molecule has 4 nitrogen and oxygen atoms in total. The van der Waals surface area contributed by atoms with Crippen LogP contribution in [0.5, 0.6) is 0 Å². The van der Waals surface area contributed by atoms with Crippen LogP contribution < -0.4 is 10.6 Å². The molecule has 5 heteroatoms. The van der Waals surface area contributed by atoms with Gasteiger partial charge < -0.3 is 10.6 Å². The number of carbonyl (C=O) groups is 1. The minimum absolute atomic E-state index is 0.0292. The van der Waals surface area contributed by atoms with Gasteiger partial charge in [-0.15, -0.1) is 0 Å². The number of halogens is 1. The van der Waals surface area contributed by atoms with Crippen molar-refractivity contribution in [3.63, 3.8) is 0 Å². The van der Waals surface area contributed by atoms with E-state index in [0.717, 1.165) is 17.5 Å². The number of hydrogen-bond donors (Lipinski definition) is 2. The van der Waals surface area contributed by atoms with Crippen LogP contribution in [-0.2, 0) is 17.8 Å². The molecular formula is C21H22FN3O. The molecule has 0 bridgehead atoms. The zero-order valence-corrected chi connectivity index (χ0v) is 14.9. The van der Waals surface area contributed by atoms with Crippen molar-refractivity contribution in [3.8, 4) is 6.07 Å². The minimum Gasteiger partial charge on any atom is -0.386 e. The number of carbonyl (C=O) groups excluding carboxylic acids is 1. The maximum Gasteiger partial charge on any atom is 0.263 e. The fourth-order valence-corrected chi connectivity index (χ4v) is 2.47. The van der Waals surface area contributed by atoms with Gasteiger partial charge in [0.15, 0.2) is 0 Å². The lowest BCUT2D eigenvalue weighted by Gasteiger charge is -2.14. The number of nitrogens with zero attached hydrogens (tertiary/aromatic N) is 1. The molecule has 0 aromatic heterocycles. The molecule has 2 aromatic carbocycles. The summed E-state index contributed by atoms with van der Waals surface area (Å²) in [5, 5.41) is 14.9. The third-order valence-electron chi connectivity index (χ3n) is 4.04. The van der Waals surface area contributed by atoms with Crippen molar-refractivity contribution >= 4 is 5.91 Å². The van der Waals surface area contributed by atoms with Crippen LogP contribution >= 0.6 is 0 Å². The summed E-state index contributed by atoms with van der Waals surface area (Å²) in [6.45, 7) is 4.28. The highest BCUT2D eigenvalue weighted by atomic mass is 19.1. The lowest BCUT2D eigenvalue weighted by Crippen LogP contribution is -2.28. The van der Waals surface area contributed by atoms with Crippen molar-refractivity contribution in [2.45, 2.75) is 32.9 Å². The van der Waals surface area contributed by atoms with Gasteiger partial charge in [-0.2, -0.15) is 5.26 Å². The zero-order valence-electron chi connectivity index (χ0n) is 14.9. The smallest absolute Gasteiger partial charge is 0.263 e. The average molecular weight is 351 g/mol. The second-order valence-corrected chi connectivity index (χ2v) is 5.97. The highest BCUT2D eigenvalue weighted by molar-refractivity contribution is 5.97. The summed E-state index contributed by atoms with van der Waals surface area (Å²) >= 11 is 0. The number of rotatable bonds is 7. The number of aryl methyl sites for hydroxylation is 1. The molecule has 0 radical (unpaired) electrons. The first-order chi connectivity index (χ1) is 12.5. The van der Waals surface area contributed by atoms with Gasteiger partial charge in [0.05, 0.1) is 6.04 Å². The first kappa shape index (κ1) is 19.2. The molecule has 0 aliphatic heterocycles. The van der Waals surface area contributed by atoms with Crippen molar-refractivity contribution in [3.05, 3.63) is 82.8 Å². The van der Waals surface area contributed by atoms with E-state index in [4.69, 9.17) is 0 Å². The molecule has 0 spiro atoms. The minimum atomic E-state index is -0.452. The van der Waals surface area contributed by atoms with Gasteiger partial charge >= 0.3 is 0 Å². The van der Waals surface area contributed by atoms with E-state index in [0.29, 0.717) is 6.54 Å². The van der Waals surface area contributed by atoms with E-state index in [9.17, 15) is 14.4 Å². The van der Waals surface area contributed by atoms with Crippen LogP contribution in [0, 0.1) is 17.1 Å². The van der Waals surface area contributed by atoms with Crippen molar-refractivity contribution < 1.29 is 9.18 Å². The molecule has 1 atom stereocenters. The molecule has 1 unspecified atom stereocenters. The molecule has 26 heavy (non-hydrogen) atoms. The van der Waals surface area contributed by atoms with Crippen LogP contribution in [-0.4, -0.2) is 5.91 Å². The Bertz CT molecular complexity index is 822. The van der Waals surface area contributed by atoms with Gasteiger partial charge in [-0.05, 0) is 42.2 Å². The highest BCUT2D eigenvalue weighted by Gasteiger charge is 2.13. The van der Waals surface area contributed by atoms with E-state index in [1.165, 1.54) is 23.9 Å². The maximum atomic E-state index is 13.1. The summed E-state index contributed by atoms with van der Waals surface area (Å²) in [5.41, 5.74) is 2.90. The van der Waals surface area contributed by atoms with Gasteiger partial charge in [0, 0.05) is 12.7 Å². The summed E-state index contributed by atoms with van der Waals surface area (Å²) in [6.07, 6.45) is 2.31. The summed E-state index contributed by atoms with van der Waals surface area (Å²) in [5.74, 6) is -0.777. The Morgan fingerprint density at radius 1 is 1.23 bits per heavy atom. The SMILES string of the molecule is CCc1ccc(C(C)NC(=O)/C(C#N)=C\NCc2cccc(F)c2)cc1. The lowest BCUT2D eigenvalue weighted by molar-refractivity contribution is -0.117. The van der Waals surface area contributed by atoms with Crippen LogP contribution in [0.4, 0.5) is 4.39 Å². The molecule has 134 valence electrons. The molecule has 2 rings (SSSR count). The van der Waals surface area contributed by atoms with Crippen LogP contribution in [0.15, 0.2) is 60.3 Å². The van der Waals surface area contributed by atoms with Gasteiger partial charge in [0.25, 0.3) is 5.91 Å². The summed E-state index contributed by atoms with van der Waals surface area (Å²) < 4.78 is 13.1. The molecule has 0 aliphatic rings. The Balaban J connectivity index is 1.95. The molecule has 0 saturated heterocycles. The lowest BCUT2D eigenvalue weighted by atomic mass is 10.0. The Kier molecular flexibility index (Phi) is 6.92. The number of hydrogen-bond acceptors (Lipinski definition) is 3. The second kappa shape index (κ2) is 9.38. The fraction of sp³-hybridized carbons (Fsp3) is 0.238. The van der Waals surface area contributed by atoms with E-state index in [1.807, 2.05) is 37.3 Å². The standard InChI is InChI=1S/C21H22FN3O/c1-3-16-7-9-18(10-8-16)15(2)25-21(26)19(12-23)14-24-13-17-5-4-6-20(22)11-17/h4-11,14-15,24H,3,13H2,1-2H3,(H,25,26)/b19-14-. The van der Waals surface area contributed by atoms with Crippen LogP contribution in [0.2, 0.25) is 0 Å². The molecular weight excluding hydrogens is 329 g/mol. The van der Waals surface area contributed by atoms with Gasteiger partial charge in [0.2, 0.25) is 0 Å². The molecule has 0 saturated carbocycles. The topological polar surface area (TPSA) is 64.9 Å². The van der Waals surface area contributed by atoms with Gasteiger partial charge in [-0.25, -0.2) is 4.39 Å². The number of amides is 1. The summed E-state index contributed by atoms with van der Waals surface area (Å²) in [6, 6.07) is 15.8. The van der Waals surface area contributed by atoms with E-state index in [2.05, 4.69) is 17.6 Å². The zero-order chi connectivity index (χ0) is 18.9. The highest BCUT2D eigenvalue weighted by Crippen LogP contribution is 2.14. The van der Waals surface area contributed by atoms with Gasteiger partial charge in [-0.1, -0.05) is 43.3 Å². The molecule has 0 heterocycles. The third-order valence-corrected chi connectivity index (χ3v) is 4.04. The van der Waals surface area contributed by atoms with E-state index in [-0.39, 0.29) is 17.4 Å². The van der Waals surface area contributed by atoms with E-state index >= 15 is 0 Å². The van der Waals surface area contributed by atoms with Crippen molar-refractivity contribution in [2.24, 2.45) is 0 Å². The molecule has 2 aromatic rings. The first-order valence-corrected chi connectivity index (χ1v) is 8.51. The number of benzene rings is 2. The Labute approximate surface area is 153 Å². The quantitative estimate of drug-likeness (QED) is 0.590. The number of nitrogens with one attached hydrogen (secondary N) is 2. The Morgan fingerprint density at radius 3 is 2.58 bits per heavy atom. The summed E-state index contributed by atoms with van der Waals surface area (Å²) in [4.78, 5) is 12.3. The van der Waals surface area contributed by atoms with Crippen LogP contribution in [0.1, 0.15) is 36.6 Å². The van der Waals surface area contributed by atoms with Gasteiger partial charge in [-0.3, -0.25) is 4.79 Å². The predicted octanol–water partition coefficient (Wildman–Crippen LogP) is 3.76. The van der Waals surface area contributed by atoms with Crippen molar-refractivity contribution in [2.75, 3.05) is 0 Å². The van der Waals surface area contributed by atoms with E-state index in [1.54, 1.807) is 12.1 Å². The largest absolute Gasteiger partial charge is 0.386 e. The van der Waals surface area contributed by atoms with Crippen molar-refractivity contribution in [1.82, 2.24) is 10.6 Å².